The molecule has 0 atom stereocenters. The van der Waals surface area contributed by atoms with Crippen LogP contribution in [0, 0.1) is 27.7 Å². The number of hydrogen-bond donors (Lipinski definition) is 0. The van der Waals surface area contributed by atoms with Crippen molar-refractivity contribution < 1.29 is 19.1 Å². The highest BCUT2D eigenvalue weighted by molar-refractivity contribution is 9.10. The van der Waals surface area contributed by atoms with Crippen molar-refractivity contribution in [2.75, 3.05) is 14.2 Å². The van der Waals surface area contributed by atoms with Gasteiger partial charge in [0.05, 0.1) is 27.1 Å². The predicted octanol–water partition coefficient (Wildman–Crippen LogP) is 7.12. The van der Waals surface area contributed by atoms with E-state index in [9.17, 15) is 9.59 Å². The summed E-state index contributed by atoms with van der Waals surface area (Å²) in [5, 5.41) is 0.727. The number of carbonyl (C=O) groups is 2. The summed E-state index contributed by atoms with van der Waals surface area (Å²) in [5.74, 6) is -0.415. The van der Waals surface area contributed by atoms with Crippen LogP contribution in [0.2, 0.25) is 5.02 Å². The van der Waals surface area contributed by atoms with Crippen molar-refractivity contribution in [2.24, 2.45) is 0 Å². The Morgan fingerprint density at radius 1 is 0.735 bits per heavy atom. The molecule has 0 saturated heterocycles. The zero-order valence-corrected chi connectivity index (χ0v) is 22.8. The third kappa shape index (κ3) is 7.71. The lowest BCUT2D eigenvalue weighted by Crippen LogP contribution is -2.06. The Kier molecular flexibility index (Phi) is 10.3. The molecule has 0 aromatic heterocycles. The van der Waals surface area contributed by atoms with E-state index in [1.54, 1.807) is 0 Å². The van der Waals surface area contributed by atoms with Crippen LogP contribution < -0.4 is 0 Å². The van der Waals surface area contributed by atoms with Gasteiger partial charge in [0.1, 0.15) is 0 Å². The second-order valence-electron chi connectivity index (χ2n) is 8.13. The lowest BCUT2D eigenvalue weighted by molar-refractivity contribution is -0.140. The Balaban J connectivity index is 0.000000257. The molecule has 0 fully saturated rings. The number of rotatable bonds is 5. The van der Waals surface area contributed by atoms with E-state index in [2.05, 4.69) is 32.8 Å². The number of ether oxygens (including phenoxy) is 2. The molecule has 3 aromatic rings. The van der Waals surface area contributed by atoms with Gasteiger partial charge in [-0.25, -0.2) is 0 Å². The molecule has 0 aliphatic rings. The average Bonchev–Trinajstić information content (AvgIpc) is 2.80. The first-order chi connectivity index (χ1) is 16.0. The summed E-state index contributed by atoms with van der Waals surface area (Å²) in [6.07, 6.45) is 0.653. The molecule has 0 heterocycles. The molecule has 0 saturated carbocycles. The minimum absolute atomic E-state index is 0.199. The summed E-state index contributed by atoms with van der Waals surface area (Å²) in [5.41, 5.74) is 8.78. The van der Waals surface area contributed by atoms with Crippen molar-refractivity contribution in [3.8, 4) is 11.1 Å². The number of benzene rings is 3. The highest BCUT2D eigenvalue weighted by atomic mass is 79.9. The quantitative estimate of drug-likeness (QED) is 0.320. The van der Waals surface area contributed by atoms with Crippen molar-refractivity contribution in [1.82, 2.24) is 0 Å². The fraction of sp³-hybridized carbons (Fsp3) is 0.286. The van der Waals surface area contributed by atoms with Crippen LogP contribution in [0.4, 0.5) is 0 Å². The molecule has 0 unspecified atom stereocenters. The molecule has 0 N–H and O–H groups in total. The summed E-state index contributed by atoms with van der Waals surface area (Å²) in [4.78, 5) is 22.5. The second kappa shape index (κ2) is 12.7. The van der Waals surface area contributed by atoms with E-state index < -0.39 is 0 Å². The highest BCUT2D eigenvalue weighted by Gasteiger charge is 2.10. The van der Waals surface area contributed by atoms with Crippen molar-refractivity contribution in [1.29, 1.82) is 0 Å². The van der Waals surface area contributed by atoms with Crippen LogP contribution in [0.15, 0.2) is 53.0 Å². The largest absolute Gasteiger partial charge is 0.469 e. The van der Waals surface area contributed by atoms with Crippen molar-refractivity contribution >= 4 is 39.5 Å². The maximum atomic E-state index is 11.4. The first-order valence-corrected chi connectivity index (χ1v) is 12.0. The van der Waals surface area contributed by atoms with Crippen LogP contribution in [0.5, 0.6) is 0 Å². The van der Waals surface area contributed by atoms with Gasteiger partial charge in [0, 0.05) is 9.50 Å². The Hall–Kier alpha value is -2.63. The molecule has 3 aromatic carbocycles. The molecule has 0 radical (unpaired) electrons. The van der Waals surface area contributed by atoms with Gasteiger partial charge in [-0.1, -0.05) is 57.9 Å². The molecule has 0 spiro atoms. The summed E-state index contributed by atoms with van der Waals surface area (Å²) in [6.45, 7) is 8.05. The first kappa shape index (κ1) is 27.6. The molecule has 3 rings (SSSR count). The Morgan fingerprint density at radius 2 is 1.21 bits per heavy atom. The number of esters is 2. The van der Waals surface area contributed by atoms with E-state index in [1.807, 2.05) is 64.1 Å². The summed E-state index contributed by atoms with van der Waals surface area (Å²) in [6, 6.07) is 16.0. The summed E-state index contributed by atoms with van der Waals surface area (Å²) < 4.78 is 10.4. The van der Waals surface area contributed by atoms with Crippen LogP contribution in [0.25, 0.3) is 11.1 Å². The third-order valence-corrected chi connectivity index (χ3v) is 6.69. The van der Waals surface area contributed by atoms with Crippen LogP contribution in [-0.2, 0) is 31.9 Å². The normalized spacial score (nSPS) is 10.2. The van der Waals surface area contributed by atoms with Crippen molar-refractivity contribution in [2.45, 2.75) is 40.5 Å². The second-order valence-corrected chi connectivity index (χ2v) is 9.42. The Bertz CT molecular complexity index is 1170. The SMILES string of the molecule is COC(=O)Cc1cc(C)c(-c2ccc(Cl)cc2)cc1C.COC(=O)Cc1cc(C)c(Br)cc1C. The number of hydrogen-bond acceptors (Lipinski definition) is 4. The molecule has 34 heavy (non-hydrogen) atoms. The van der Waals surface area contributed by atoms with E-state index in [1.165, 1.54) is 14.2 Å². The Morgan fingerprint density at radius 3 is 1.71 bits per heavy atom. The fourth-order valence-electron chi connectivity index (χ4n) is 3.49. The van der Waals surface area contributed by atoms with E-state index in [0.717, 1.165) is 54.0 Å². The van der Waals surface area contributed by atoms with E-state index in [0.29, 0.717) is 12.8 Å². The predicted molar refractivity (Wildman–Crippen MR) is 141 cm³/mol. The van der Waals surface area contributed by atoms with Gasteiger partial charge < -0.3 is 9.47 Å². The molecule has 0 amide bonds. The van der Waals surface area contributed by atoms with Crippen LogP contribution in [0.3, 0.4) is 0 Å². The van der Waals surface area contributed by atoms with Gasteiger partial charge in [-0.2, -0.15) is 0 Å². The zero-order chi connectivity index (χ0) is 25.4. The van der Waals surface area contributed by atoms with Crippen molar-refractivity contribution in [3.63, 3.8) is 0 Å². The minimum atomic E-state index is -0.216. The van der Waals surface area contributed by atoms with Crippen LogP contribution in [0.1, 0.15) is 33.4 Å². The maximum absolute atomic E-state index is 11.4. The van der Waals surface area contributed by atoms with Gasteiger partial charge in [-0.05, 0) is 90.4 Å². The van der Waals surface area contributed by atoms with Crippen LogP contribution in [-0.4, -0.2) is 26.2 Å². The number of methoxy groups -OCH3 is 2. The number of carbonyl (C=O) groups excluding carboxylic acids is 2. The molecule has 6 heteroatoms. The molecular formula is C28H30BrClO4. The van der Waals surface area contributed by atoms with Gasteiger partial charge in [-0.15, -0.1) is 0 Å². The van der Waals surface area contributed by atoms with Crippen LogP contribution >= 0.6 is 27.5 Å². The molecule has 0 bridgehead atoms. The lowest BCUT2D eigenvalue weighted by Gasteiger charge is -2.12. The molecule has 0 aliphatic heterocycles. The van der Waals surface area contributed by atoms with Gasteiger partial charge in [0.25, 0.3) is 0 Å². The first-order valence-electron chi connectivity index (χ1n) is 10.8. The number of halogens is 2. The zero-order valence-electron chi connectivity index (χ0n) is 20.4. The third-order valence-electron chi connectivity index (χ3n) is 5.58. The average molecular weight is 546 g/mol. The molecule has 0 aliphatic carbocycles. The Labute approximate surface area is 215 Å². The van der Waals surface area contributed by atoms with Gasteiger partial charge in [-0.3, -0.25) is 9.59 Å². The highest BCUT2D eigenvalue weighted by Crippen LogP contribution is 2.28. The topological polar surface area (TPSA) is 52.6 Å². The molecule has 4 nitrogen and oxygen atoms in total. The summed E-state index contributed by atoms with van der Waals surface area (Å²) in [7, 11) is 2.82. The molecule has 180 valence electrons. The van der Waals surface area contributed by atoms with Gasteiger partial charge in [0.2, 0.25) is 0 Å². The lowest BCUT2D eigenvalue weighted by atomic mass is 9.94. The van der Waals surface area contributed by atoms with Crippen molar-refractivity contribution in [3.05, 3.63) is 91.4 Å². The molecular weight excluding hydrogens is 516 g/mol. The number of aryl methyl sites for hydroxylation is 4. The van der Waals surface area contributed by atoms with Gasteiger partial charge in [0.15, 0.2) is 0 Å². The van der Waals surface area contributed by atoms with E-state index in [-0.39, 0.29) is 11.9 Å². The monoisotopic (exact) mass is 544 g/mol. The van der Waals surface area contributed by atoms with E-state index >= 15 is 0 Å². The fourth-order valence-corrected chi connectivity index (χ4v) is 4.08. The summed E-state index contributed by atoms with van der Waals surface area (Å²) >= 11 is 9.36. The smallest absolute Gasteiger partial charge is 0.309 e. The minimum Gasteiger partial charge on any atom is -0.469 e. The van der Waals surface area contributed by atoms with E-state index in [4.69, 9.17) is 16.3 Å². The standard InChI is InChI=1S/C17H17ClO2.C11H13BrO2/c1-11-9-16(13-4-6-15(18)7-5-13)12(2)8-14(11)10-17(19)20-3;1-7-5-10(12)8(2)4-9(7)6-11(13)14-3/h4-9H,10H2,1-3H3;4-5H,6H2,1-3H3. The van der Waals surface area contributed by atoms with Gasteiger partial charge >= 0.3 is 11.9 Å². The maximum Gasteiger partial charge on any atom is 0.309 e.